The third-order valence-corrected chi connectivity index (χ3v) is 12.8. The zero-order valence-electron chi connectivity index (χ0n) is 42.8. The highest BCUT2D eigenvalue weighted by Gasteiger charge is 2.29. The summed E-state index contributed by atoms with van der Waals surface area (Å²) in [5.41, 5.74) is 0. The summed E-state index contributed by atoms with van der Waals surface area (Å²) in [4.78, 5) is 25.5. The van der Waals surface area contributed by atoms with Gasteiger partial charge in [-0.1, -0.05) is 190 Å². The van der Waals surface area contributed by atoms with E-state index in [1.807, 2.05) is 21.1 Å². The number of nitrogens with zero attached hydrogens (tertiary/aromatic N) is 1. The summed E-state index contributed by atoms with van der Waals surface area (Å²) in [6, 6.07) is -1.10. The Morgan fingerprint density at radius 3 is 1.43 bits per heavy atom. The minimum absolute atomic E-state index is 0.0505. The maximum atomic E-state index is 13.0. The van der Waals surface area contributed by atoms with E-state index in [-0.39, 0.29) is 18.9 Å². The number of quaternary nitrogens is 1. The van der Waals surface area contributed by atoms with Crippen molar-refractivity contribution in [3.05, 3.63) is 60.8 Å². The van der Waals surface area contributed by atoms with Crippen molar-refractivity contribution >= 4 is 13.7 Å². The fourth-order valence-electron chi connectivity index (χ4n) is 7.51. The van der Waals surface area contributed by atoms with Gasteiger partial charge >= 0.3 is 0 Å². The summed E-state index contributed by atoms with van der Waals surface area (Å²) in [7, 11) is 1.09. The summed E-state index contributed by atoms with van der Waals surface area (Å²) in [6.07, 6.45) is 57.1. The van der Waals surface area contributed by atoms with Crippen LogP contribution in [0.15, 0.2) is 60.8 Å². The third-order valence-electron chi connectivity index (χ3n) is 11.8. The van der Waals surface area contributed by atoms with Gasteiger partial charge in [-0.25, -0.2) is 0 Å². The quantitative estimate of drug-likeness (QED) is 0.0240. The fourth-order valence-corrected chi connectivity index (χ4v) is 8.24. The molecule has 3 N–H and O–H groups in total. The van der Waals surface area contributed by atoms with Gasteiger partial charge in [0.25, 0.3) is 7.82 Å². The van der Waals surface area contributed by atoms with Crippen LogP contribution >= 0.6 is 7.82 Å². The minimum atomic E-state index is -4.68. The number of likely N-dealkylation sites (N-methyl/N-ethyl adjacent to an activating group) is 1. The number of rotatable bonds is 48. The van der Waals surface area contributed by atoms with Crippen LogP contribution in [-0.2, 0) is 18.4 Å². The van der Waals surface area contributed by atoms with E-state index in [0.29, 0.717) is 30.3 Å². The number of hydrogen-bond donors (Lipinski definition) is 3. The normalized spacial score (nSPS) is 15.0. The van der Waals surface area contributed by atoms with Gasteiger partial charge in [0.15, 0.2) is 0 Å². The van der Waals surface area contributed by atoms with Gasteiger partial charge in [-0.15, -0.1) is 0 Å². The Kier molecular flexibility index (Phi) is 44.6. The first-order chi connectivity index (χ1) is 31.4. The molecule has 0 aromatic heterocycles. The lowest BCUT2D eigenvalue weighted by atomic mass is 10.0. The molecule has 0 aliphatic heterocycles. The van der Waals surface area contributed by atoms with E-state index in [2.05, 4.69) is 79.9 Å². The Morgan fingerprint density at radius 1 is 0.554 bits per heavy atom. The smallest absolute Gasteiger partial charge is 0.268 e. The van der Waals surface area contributed by atoms with Crippen molar-refractivity contribution in [2.75, 3.05) is 40.9 Å². The van der Waals surface area contributed by atoms with Crippen LogP contribution < -0.4 is 10.2 Å². The van der Waals surface area contributed by atoms with Crippen LogP contribution in [0.3, 0.4) is 0 Å². The Labute approximate surface area is 401 Å². The van der Waals surface area contributed by atoms with Crippen molar-refractivity contribution < 1.29 is 38.0 Å². The summed E-state index contributed by atoms with van der Waals surface area (Å²) >= 11 is 0. The van der Waals surface area contributed by atoms with Gasteiger partial charge in [-0.05, 0) is 89.9 Å². The molecule has 0 bridgehead atoms. The van der Waals surface area contributed by atoms with Gasteiger partial charge in [0.2, 0.25) is 5.91 Å². The number of unbranched alkanes of at least 4 members (excludes halogenated alkanes) is 24. The van der Waals surface area contributed by atoms with Crippen LogP contribution in [-0.4, -0.2) is 79.8 Å². The molecule has 0 heterocycles. The molecule has 0 aliphatic carbocycles. The summed E-state index contributed by atoms with van der Waals surface area (Å²) in [5, 5.41) is 24.6. The van der Waals surface area contributed by atoms with E-state index >= 15 is 0 Å². The van der Waals surface area contributed by atoms with Gasteiger partial charge in [0, 0.05) is 6.42 Å². The van der Waals surface area contributed by atoms with Crippen molar-refractivity contribution in [2.24, 2.45) is 0 Å². The molecule has 65 heavy (non-hydrogen) atoms. The highest BCUT2D eigenvalue weighted by molar-refractivity contribution is 7.45. The average molecular weight is 935 g/mol. The highest BCUT2D eigenvalue weighted by atomic mass is 31.2. The van der Waals surface area contributed by atoms with E-state index in [9.17, 15) is 24.5 Å². The first-order valence-corrected chi connectivity index (χ1v) is 28.2. The maximum Gasteiger partial charge on any atom is 0.268 e. The predicted molar refractivity (Wildman–Crippen MR) is 276 cm³/mol. The van der Waals surface area contributed by atoms with Gasteiger partial charge in [-0.2, -0.15) is 0 Å². The molecule has 0 radical (unpaired) electrons. The molecule has 0 aliphatic rings. The predicted octanol–water partition coefficient (Wildman–Crippen LogP) is 14.1. The molecule has 4 atom stereocenters. The first-order valence-electron chi connectivity index (χ1n) is 26.7. The van der Waals surface area contributed by atoms with Crippen LogP contribution in [0.4, 0.5) is 0 Å². The number of aliphatic hydroxyl groups is 2. The van der Waals surface area contributed by atoms with Crippen molar-refractivity contribution in [3.63, 3.8) is 0 Å². The third kappa shape index (κ3) is 47.0. The van der Waals surface area contributed by atoms with Crippen molar-refractivity contribution in [2.45, 2.75) is 244 Å². The molecule has 4 unspecified atom stereocenters. The molecule has 0 spiro atoms. The first kappa shape index (κ1) is 63.2. The summed E-state index contributed by atoms with van der Waals surface area (Å²) in [5.74, 6) is -0.295. The van der Waals surface area contributed by atoms with E-state index < -0.39 is 32.7 Å². The van der Waals surface area contributed by atoms with E-state index in [4.69, 9.17) is 9.05 Å². The van der Waals surface area contributed by atoms with Crippen LogP contribution in [0.2, 0.25) is 0 Å². The number of aliphatic hydroxyl groups excluding tert-OH is 2. The van der Waals surface area contributed by atoms with Crippen molar-refractivity contribution in [1.82, 2.24) is 5.32 Å². The number of phosphoric ester groups is 1. The van der Waals surface area contributed by atoms with E-state index in [1.165, 1.54) is 128 Å². The monoisotopic (exact) mass is 935 g/mol. The molecule has 10 heteroatoms. The van der Waals surface area contributed by atoms with Crippen LogP contribution in [0.25, 0.3) is 0 Å². The second-order valence-electron chi connectivity index (χ2n) is 19.3. The number of carbonyl (C=O) groups is 1. The standard InChI is InChI=1S/C55H103N2O7P/c1-6-8-10-12-14-16-18-20-21-22-23-24-25-26-27-28-29-30-31-32-33-34-35-36-38-40-42-44-46-48-54(59)56-52(51-64-65(61,62)63-50-49-57(3,4)5)55(60)53(58)47-45-43-41-39-37-19-17-15-13-11-9-7-2/h15,17-18,20,22-23,25-26,39,41,52-53,55,58,60H,6-14,16,19,21,24,27-38,40,42-51H2,1-5H3,(H-,56,59,61,62)/b17-15+,20-18-,23-22-,26-25-,41-39+. The molecule has 0 saturated carbocycles. The van der Waals surface area contributed by atoms with Gasteiger partial charge < -0.3 is 34.0 Å². The molecule has 1 amide bonds. The number of carbonyl (C=O) groups excluding carboxylic acids is 1. The Bertz CT molecular complexity index is 1260. The number of allylic oxidation sites excluding steroid dienone is 10. The number of hydrogen-bond acceptors (Lipinski definition) is 7. The average Bonchev–Trinajstić information content (AvgIpc) is 3.26. The summed E-state index contributed by atoms with van der Waals surface area (Å²) in [6.45, 7) is 4.36. The van der Waals surface area contributed by atoms with Crippen molar-refractivity contribution in [1.29, 1.82) is 0 Å². The molecule has 0 aromatic carbocycles. The SMILES string of the molecule is CCCCC/C=C/CC/C=C/CCCC(O)C(O)C(COP(=O)([O-])OCC[N+](C)(C)C)NC(=O)CCCCCCCCCCCCCCCC/C=C\C/C=C\C/C=C\CCCCCCC. The zero-order valence-corrected chi connectivity index (χ0v) is 43.7. The van der Waals surface area contributed by atoms with Gasteiger partial charge in [0.05, 0.1) is 39.9 Å². The van der Waals surface area contributed by atoms with Gasteiger partial charge in [-0.3, -0.25) is 9.36 Å². The highest BCUT2D eigenvalue weighted by Crippen LogP contribution is 2.38. The fraction of sp³-hybridized carbons (Fsp3) is 0.800. The summed E-state index contributed by atoms with van der Waals surface area (Å²) < 4.78 is 23.2. The molecule has 0 fully saturated rings. The molecular formula is C55H103N2O7P. The zero-order chi connectivity index (χ0) is 48.0. The lowest BCUT2D eigenvalue weighted by Gasteiger charge is -2.31. The van der Waals surface area contributed by atoms with Crippen LogP contribution in [0, 0.1) is 0 Å². The molecule has 380 valence electrons. The maximum absolute atomic E-state index is 13.0. The molecule has 0 aromatic rings. The molecule has 9 nitrogen and oxygen atoms in total. The Morgan fingerprint density at radius 2 is 0.938 bits per heavy atom. The Balaban J connectivity index is 4.23. The van der Waals surface area contributed by atoms with E-state index in [1.54, 1.807) is 0 Å². The molecular weight excluding hydrogens is 832 g/mol. The Hall–Kier alpha value is -1.84. The largest absolute Gasteiger partial charge is 0.756 e. The molecule has 0 rings (SSSR count). The van der Waals surface area contributed by atoms with Crippen LogP contribution in [0.5, 0.6) is 0 Å². The minimum Gasteiger partial charge on any atom is -0.756 e. The number of nitrogens with one attached hydrogen (secondary N) is 1. The van der Waals surface area contributed by atoms with Gasteiger partial charge in [0.1, 0.15) is 19.3 Å². The van der Waals surface area contributed by atoms with E-state index in [0.717, 1.165) is 57.8 Å². The lowest BCUT2D eigenvalue weighted by Crippen LogP contribution is -2.51. The lowest BCUT2D eigenvalue weighted by molar-refractivity contribution is -0.870. The number of amides is 1. The second-order valence-corrected chi connectivity index (χ2v) is 20.8. The molecule has 0 saturated heterocycles. The van der Waals surface area contributed by atoms with Crippen molar-refractivity contribution in [3.8, 4) is 0 Å². The number of phosphoric acid groups is 1. The van der Waals surface area contributed by atoms with Crippen LogP contribution in [0.1, 0.15) is 226 Å². The topological polar surface area (TPSA) is 128 Å². The second kappa shape index (κ2) is 45.9.